The average Bonchev–Trinajstić information content (AvgIpc) is 3.22. The van der Waals surface area contributed by atoms with Crippen LogP contribution in [0.15, 0.2) is 67.0 Å². The number of anilines is 2. The number of pyridine rings is 2. The molecule has 0 bridgehead atoms. The lowest BCUT2D eigenvalue weighted by molar-refractivity contribution is 0.0958. The highest BCUT2D eigenvalue weighted by Crippen LogP contribution is 2.36. The number of fused-ring (bicyclic) bond motifs is 1. The molecule has 0 aliphatic heterocycles. The van der Waals surface area contributed by atoms with E-state index in [-0.39, 0.29) is 17.4 Å². The van der Waals surface area contributed by atoms with E-state index in [1.807, 2.05) is 42.8 Å². The summed E-state index contributed by atoms with van der Waals surface area (Å²) in [6, 6.07) is 15.7. The summed E-state index contributed by atoms with van der Waals surface area (Å²) < 4.78 is 28.2. The molecule has 5 rings (SSSR count). The molecule has 0 aliphatic rings. The van der Waals surface area contributed by atoms with E-state index in [9.17, 15) is 4.79 Å². The van der Waals surface area contributed by atoms with Crippen molar-refractivity contribution in [2.24, 2.45) is 7.05 Å². The third-order valence-corrected chi connectivity index (χ3v) is 6.00. The molecule has 0 spiro atoms. The number of rotatable bonds is 7. The van der Waals surface area contributed by atoms with Gasteiger partial charge < -0.3 is 24.7 Å². The van der Waals surface area contributed by atoms with E-state index >= 15 is 4.39 Å². The van der Waals surface area contributed by atoms with E-state index in [2.05, 4.69) is 20.6 Å². The van der Waals surface area contributed by atoms with Gasteiger partial charge in [0, 0.05) is 44.3 Å². The molecule has 38 heavy (non-hydrogen) atoms. The van der Waals surface area contributed by atoms with E-state index in [1.165, 1.54) is 19.4 Å². The van der Waals surface area contributed by atoms with Crippen LogP contribution in [-0.4, -0.2) is 39.6 Å². The van der Waals surface area contributed by atoms with Crippen molar-refractivity contribution < 1.29 is 18.7 Å². The van der Waals surface area contributed by atoms with Crippen molar-refractivity contribution in [3.63, 3.8) is 0 Å². The second-order valence-corrected chi connectivity index (χ2v) is 8.55. The van der Waals surface area contributed by atoms with Gasteiger partial charge in [0.1, 0.15) is 17.2 Å². The first-order valence-electron chi connectivity index (χ1n) is 11.8. The SMILES string of the molecule is CNC(=O)c1cc(Oc2ccc3c(c2)nc(Nc2cc(-c4ccnc(C)c4)cc(F)c2OC)n3C)ccn1. The van der Waals surface area contributed by atoms with Crippen molar-refractivity contribution >= 4 is 28.6 Å². The average molecular weight is 513 g/mol. The van der Waals surface area contributed by atoms with E-state index in [1.54, 1.807) is 37.5 Å². The number of methoxy groups -OCH3 is 1. The van der Waals surface area contributed by atoms with E-state index in [4.69, 9.17) is 14.5 Å². The second kappa shape index (κ2) is 10.2. The molecule has 5 aromatic rings. The van der Waals surface area contributed by atoms with Crippen LogP contribution >= 0.6 is 0 Å². The number of aromatic nitrogens is 4. The van der Waals surface area contributed by atoms with Gasteiger partial charge in [-0.05, 0) is 60.5 Å². The van der Waals surface area contributed by atoms with Crippen molar-refractivity contribution in [2.45, 2.75) is 6.92 Å². The molecule has 9 nitrogen and oxygen atoms in total. The molecule has 2 aromatic carbocycles. The van der Waals surface area contributed by atoms with Crippen LogP contribution in [-0.2, 0) is 7.05 Å². The molecule has 0 radical (unpaired) electrons. The summed E-state index contributed by atoms with van der Waals surface area (Å²) in [5.41, 5.74) is 4.53. The van der Waals surface area contributed by atoms with Gasteiger partial charge in [0.05, 0.1) is 23.8 Å². The molecule has 0 saturated heterocycles. The van der Waals surface area contributed by atoms with Gasteiger partial charge in [-0.25, -0.2) is 9.37 Å². The Morgan fingerprint density at radius 3 is 2.53 bits per heavy atom. The summed E-state index contributed by atoms with van der Waals surface area (Å²) in [4.78, 5) is 24.8. The van der Waals surface area contributed by atoms with Crippen molar-refractivity contribution in [1.82, 2.24) is 24.8 Å². The van der Waals surface area contributed by atoms with Crippen molar-refractivity contribution in [3.8, 4) is 28.4 Å². The first-order valence-corrected chi connectivity index (χ1v) is 11.8. The largest absolute Gasteiger partial charge is 0.492 e. The number of hydrogen-bond acceptors (Lipinski definition) is 7. The van der Waals surface area contributed by atoms with E-state index in [0.717, 1.165) is 16.8 Å². The first kappa shape index (κ1) is 24.7. The summed E-state index contributed by atoms with van der Waals surface area (Å²) in [5, 5.41) is 5.76. The zero-order chi connectivity index (χ0) is 26.8. The van der Waals surface area contributed by atoms with Gasteiger partial charge in [0.15, 0.2) is 11.6 Å². The monoisotopic (exact) mass is 512 g/mol. The number of carbonyl (C=O) groups is 1. The molecule has 0 unspecified atom stereocenters. The minimum Gasteiger partial charge on any atom is -0.492 e. The first-order chi connectivity index (χ1) is 18.4. The number of nitrogens with one attached hydrogen (secondary N) is 2. The number of ether oxygens (including phenoxy) is 2. The second-order valence-electron chi connectivity index (χ2n) is 8.55. The minimum atomic E-state index is -0.495. The Morgan fingerprint density at radius 2 is 1.76 bits per heavy atom. The fourth-order valence-corrected chi connectivity index (χ4v) is 4.12. The van der Waals surface area contributed by atoms with Crippen LogP contribution in [0.4, 0.5) is 16.0 Å². The zero-order valence-electron chi connectivity index (χ0n) is 21.2. The van der Waals surface area contributed by atoms with Crippen LogP contribution in [0.25, 0.3) is 22.2 Å². The van der Waals surface area contributed by atoms with Crippen LogP contribution in [0.2, 0.25) is 0 Å². The smallest absolute Gasteiger partial charge is 0.269 e. The molecular formula is C28H25FN6O3. The standard InChI is InChI=1S/C28H25FN6O3/c1-16-11-17(7-9-31-16)18-12-21(29)26(37-4)23(13-18)34-28-33-22-14-19(5-6-25(22)35(28)3)38-20-8-10-32-24(15-20)27(36)30-2/h5-15H,1-4H3,(H,30,36)(H,33,34). The van der Waals surface area contributed by atoms with Crippen LogP contribution < -0.4 is 20.1 Å². The van der Waals surface area contributed by atoms with Crippen LogP contribution in [0.1, 0.15) is 16.2 Å². The number of nitrogens with zero attached hydrogens (tertiary/aromatic N) is 4. The fraction of sp³-hybridized carbons (Fsp3) is 0.143. The lowest BCUT2D eigenvalue weighted by Crippen LogP contribution is -2.18. The highest BCUT2D eigenvalue weighted by Gasteiger charge is 2.17. The molecule has 3 aromatic heterocycles. The van der Waals surface area contributed by atoms with Gasteiger partial charge in [-0.3, -0.25) is 14.8 Å². The normalized spacial score (nSPS) is 10.9. The summed E-state index contributed by atoms with van der Waals surface area (Å²) in [6.45, 7) is 1.88. The molecule has 0 fully saturated rings. The Balaban J connectivity index is 1.47. The minimum absolute atomic E-state index is 0.0835. The van der Waals surface area contributed by atoms with Crippen LogP contribution in [0.3, 0.4) is 0 Å². The summed E-state index contributed by atoms with van der Waals surface area (Å²) in [6.07, 6.45) is 3.20. The summed E-state index contributed by atoms with van der Waals surface area (Å²) in [7, 11) is 4.82. The Morgan fingerprint density at radius 1 is 0.974 bits per heavy atom. The molecule has 192 valence electrons. The highest BCUT2D eigenvalue weighted by molar-refractivity contribution is 5.92. The predicted molar refractivity (Wildman–Crippen MR) is 143 cm³/mol. The number of benzene rings is 2. The van der Waals surface area contributed by atoms with Gasteiger partial charge in [0.2, 0.25) is 5.95 Å². The number of aryl methyl sites for hydroxylation is 2. The van der Waals surface area contributed by atoms with Crippen molar-refractivity contribution in [2.75, 3.05) is 19.5 Å². The molecule has 0 aliphatic carbocycles. The molecule has 10 heteroatoms. The summed E-state index contributed by atoms with van der Waals surface area (Å²) >= 11 is 0. The third-order valence-electron chi connectivity index (χ3n) is 6.00. The Labute approximate surface area is 218 Å². The number of carbonyl (C=O) groups excluding carboxylic acids is 1. The molecule has 0 saturated carbocycles. The van der Waals surface area contributed by atoms with Gasteiger partial charge in [-0.2, -0.15) is 0 Å². The summed E-state index contributed by atoms with van der Waals surface area (Å²) in [5.74, 6) is 0.778. The van der Waals surface area contributed by atoms with Gasteiger partial charge in [0.25, 0.3) is 5.91 Å². The molecule has 2 N–H and O–H groups in total. The third kappa shape index (κ3) is 4.83. The zero-order valence-corrected chi connectivity index (χ0v) is 21.2. The Hall–Kier alpha value is -4.99. The molecule has 3 heterocycles. The van der Waals surface area contributed by atoms with Crippen molar-refractivity contribution in [3.05, 3.63) is 84.2 Å². The van der Waals surface area contributed by atoms with Crippen LogP contribution in [0, 0.1) is 12.7 Å². The molecule has 1 amide bonds. The predicted octanol–water partition coefficient (Wildman–Crippen LogP) is 5.38. The van der Waals surface area contributed by atoms with Crippen LogP contribution in [0.5, 0.6) is 17.2 Å². The molecular weight excluding hydrogens is 487 g/mol. The van der Waals surface area contributed by atoms with Crippen molar-refractivity contribution in [1.29, 1.82) is 0 Å². The number of hydrogen-bond donors (Lipinski definition) is 2. The lowest BCUT2D eigenvalue weighted by Gasteiger charge is -2.14. The van der Waals surface area contributed by atoms with E-state index in [0.29, 0.717) is 34.2 Å². The van der Waals surface area contributed by atoms with Gasteiger partial charge in [-0.1, -0.05) is 0 Å². The maximum Gasteiger partial charge on any atom is 0.269 e. The van der Waals surface area contributed by atoms with Gasteiger partial charge >= 0.3 is 0 Å². The lowest BCUT2D eigenvalue weighted by atomic mass is 10.0. The Bertz CT molecular complexity index is 1670. The van der Waals surface area contributed by atoms with Gasteiger partial charge in [-0.15, -0.1) is 0 Å². The fourth-order valence-electron chi connectivity index (χ4n) is 4.12. The topological polar surface area (TPSA) is 103 Å². The highest BCUT2D eigenvalue weighted by atomic mass is 19.1. The number of imidazole rings is 1. The maximum atomic E-state index is 15.0. The number of halogens is 1. The maximum absolute atomic E-state index is 15.0. The quantitative estimate of drug-likeness (QED) is 0.302. The Kier molecular flexibility index (Phi) is 6.61. The molecule has 0 atom stereocenters. The number of amides is 1. The van der Waals surface area contributed by atoms with E-state index < -0.39 is 5.82 Å².